The molecule has 2 atom stereocenters. The number of hydrogen-bond acceptors (Lipinski definition) is 8. The van der Waals surface area contributed by atoms with Crippen molar-refractivity contribution < 1.29 is 4.21 Å². The molecule has 2 unspecified atom stereocenters. The molecule has 1 aliphatic carbocycles. The molecule has 3 aromatic rings. The number of anilines is 2. The molecule has 1 fully saturated rings. The summed E-state index contributed by atoms with van der Waals surface area (Å²) in [5, 5.41) is 13.9. The summed E-state index contributed by atoms with van der Waals surface area (Å²) < 4.78 is 16.7. The van der Waals surface area contributed by atoms with Gasteiger partial charge in [-0.25, -0.2) is 4.79 Å². The van der Waals surface area contributed by atoms with Crippen LogP contribution in [0.5, 0.6) is 0 Å². The van der Waals surface area contributed by atoms with Crippen molar-refractivity contribution in [1.29, 1.82) is 5.26 Å². The van der Waals surface area contributed by atoms with Gasteiger partial charge in [0, 0.05) is 66.6 Å². The molecule has 3 N–H and O–H groups in total. The molecule has 2 aliphatic rings. The van der Waals surface area contributed by atoms with E-state index in [0.717, 1.165) is 43.2 Å². The highest BCUT2D eigenvalue weighted by atomic mass is 32.2. The maximum absolute atomic E-state index is 14.1. The van der Waals surface area contributed by atoms with E-state index in [2.05, 4.69) is 22.4 Å². The summed E-state index contributed by atoms with van der Waals surface area (Å²) in [6.45, 7) is 1.80. The Hall–Kier alpha value is -3.95. The third kappa shape index (κ3) is 5.66. The van der Waals surface area contributed by atoms with E-state index < -0.39 is 22.0 Å². The highest BCUT2D eigenvalue weighted by molar-refractivity contribution is 7.87. The topological polar surface area (TPSA) is 144 Å². The molecule has 11 nitrogen and oxygen atoms in total. The van der Waals surface area contributed by atoms with Crippen molar-refractivity contribution in [1.82, 2.24) is 18.7 Å². The zero-order chi connectivity index (χ0) is 28.4. The van der Waals surface area contributed by atoms with Crippen LogP contribution in [0.15, 0.2) is 56.6 Å². The Balaban J connectivity index is 1.63. The van der Waals surface area contributed by atoms with Gasteiger partial charge in [-0.3, -0.25) is 18.1 Å². The summed E-state index contributed by atoms with van der Waals surface area (Å²) in [5.41, 5.74) is 8.67. The van der Waals surface area contributed by atoms with Crippen molar-refractivity contribution in [2.45, 2.75) is 51.2 Å². The smallest absolute Gasteiger partial charge is 0.332 e. The lowest BCUT2D eigenvalue weighted by molar-refractivity contribution is 0.495. The van der Waals surface area contributed by atoms with Crippen LogP contribution in [-0.4, -0.2) is 48.3 Å². The highest BCUT2D eigenvalue weighted by Gasteiger charge is 2.27. The minimum absolute atomic E-state index is 0.0152. The van der Waals surface area contributed by atoms with Crippen LogP contribution in [0.4, 0.5) is 11.6 Å². The molecule has 0 amide bonds. The number of aryl methyl sites for hydroxylation is 1. The largest absolute Gasteiger partial charge is 0.357 e. The van der Waals surface area contributed by atoms with Crippen molar-refractivity contribution in [3.63, 3.8) is 0 Å². The fourth-order valence-corrected chi connectivity index (χ4v) is 6.03. The van der Waals surface area contributed by atoms with E-state index in [1.165, 1.54) is 21.8 Å². The number of hydrogen-bond donors (Lipinski definition) is 2. The van der Waals surface area contributed by atoms with E-state index in [1.807, 2.05) is 4.57 Å². The van der Waals surface area contributed by atoms with Gasteiger partial charge in [0.2, 0.25) is 5.95 Å². The first-order valence-electron chi connectivity index (χ1n) is 13.4. The van der Waals surface area contributed by atoms with Gasteiger partial charge < -0.3 is 20.5 Å². The van der Waals surface area contributed by atoms with Crippen molar-refractivity contribution in [2.24, 2.45) is 12.8 Å². The number of rotatable bonds is 8. The van der Waals surface area contributed by atoms with Crippen molar-refractivity contribution in [3.8, 4) is 6.07 Å². The summed E-state index contributed by atoms with van der Waals surface area (Å²) in [6, 6.07) is 8.92. The molecule has 1 aliphatic heterocycles. The molecular weight excluding hydrogens is 528 g/mol. The van der Waals surface area contributed by atoms with Crippen molar-refractivity contribution >= 4 is 33.6 Å². The first-order valence-corrected chi connectivity index (χ1v) is 15.1. The van der Waals surface area contributed by atoms with E-state index >= 15 is 0 Å². The van der Waals surface area contributed by atoms with E-state index in [0.29, 0.717) is 47.1 Å². The highest BCUT2D eigenvalue weighted by Crippen LogP contribution is 2.27. The number of allylic oxidation sites excluding steroid dienone is 3. The summed E-state index contributed by atoms with van der Waals surface area (Å²) in [7, 11) is 0.251. The third-order valence-corrected chi connectivity index (χ3v) is 8.00. The minimum Gasteiger partial charge on any atom is -0.357 e. The van der Waals surface area contributed by atoms with Gasteiger partial charge in [0.25, 0.3) is 5.56 Å². The summed E-state index contributed by atoms with van der Waals surface area (Å²) >= 11 is 0. The van der Waals surface area contributed by atoms with Crippen LogP contribution in [-0.2, 0) is 30.9 Å². The minimum atomic E-state index is -1.36. The molecule has 12 heteroatoms. The van der Waals surface area contributed by atoms with Gasteiger partial charge in [0.1, 0.15) is 0 Å². The molecule has 0 saturated carbocycles. The standard InChI is InChI=1S/C28H34N8O3S/c1-33-25-24(35(15-19-7-3-4-8-19)27(32-25)34-12-6-10-21(30)16-34)26(37)36(28(33)38)17-23(18-40(2)39)31-22-11-5-9-20(13-22)14-29/h5,7,9,11,13,18,21,31H,3-4,6,8,10,12,15-17,30H2,1-2H3/b23-18+. The van der Waals surface area contributed by atoms with E-state index in [4.69, 9.17) is 10.7 Å². The van der Waals surface area contributed by atoms with Gasteiger partial charge >= 0.3 is 5.69 Å². The quantitative estimate of drug-likeness (QED) is 0.398. The second-order valence-corrected chi connectivity index (χ2v) is 11.7. The molecule has 2 aromatic heterocycles. The zero-order valence-electron chi connectivity index (χ0n) is 22.8. The lowest BCUT2D eigenvalue weighted by Gasteiger charge is -2.32. The van der Waals surface area contributed by atoms with Gasteiger partial charge in [-0.1, -0.05) is 17.7 Å². The molecule has 5 rings (SSSR count). The Morgan fingerprint density at radius 3 is 2.83 bits per heavy atom. The van der Waals surface area contributed by atoms with Crippen LogP contribution < -0.4 is 27.2 Å². The Morgan fingerprint density at radius 1 is 1.30 bits per heavy atom. The molecule has 40 heavy (non-hydrogen) atoms. The van der Waals surface area contributed by atoms with Crippen LogP contribution in [0.3, 0.4) is 0 Å². The van der Waals surface area contributed by atoms with E-state index in [9.17, 15) is 19.1 Å². The average molecular weight is 563 g/mol. The monoisotopic (exact) mass is 562 g/mol. The molecule has 1 saturated heterocycles. The number of nitrogens with one attached hydrogen (secondary N) is 1. The molecular formula is C28H34N8O3S. The van der Waals surface area contributed by atoms with Gasteiger partial charge in [0.05, 0.1) is 18.2 Å². The molecule has 210 valence electrons. The lowest BCUT2D eigenvalue weighted by atomic mass is 10.1. The average Bonchev–Trinajstić information content (AvgIpc) is 3.58. The number of piperidine rings is 1. The van der Waals surface area contributed by atoms with Crippen LogP contribution in [0.25, 0.3) is 11.2 Å². The number of nitriles is 1. The van der Waals surface area contributed by atoms with E-state index in [1.54, 1.807) is 31.3 Å². The summed E-state index contributed by atoms with van der Waals surface area (Å²) in [4.78, 5) is 34.6. The van der Waals surface area contributed by atoms with Gasteiger partial charge in [-0.05, 0) is 50.3 Å². The first kappa shape index (κ1) is 27.6. The third-order valence-electron chi connectivity index (χ3n) is 7.38. The Morgan fingerprint density at radius 2 is 2.12 bits per heavy atom. The van der Waals surface area contributed by atoms with Crippen molar-refractivity contribution in [3.05, 3.63) is 73.4 Å². The van der Waals surface area contributed by atoms with Crippen LogP contribution in [0, 0.1) is 11.3 Å². The van der Waals surface area contributed by atoms with Gasteiger partial charge in [0.15, 0.2) is 11.2 Å². The Bertz CT molecular complexity index is 1690. The number of nitrogens with two attached hydrogens (primary N) is 1. The normalized spacial score (nSPS) is 18.6. The Kier molecular flexibility index (Phi) is 8.04. The maximum atomic E-state index is 14.1. The second-order valence-electron chi connectivity index (χ2n) is 10.5. The SMILES string of the molecule is Cn1c(=O)n(C/C(=C\S(C)=O)Nc2cccc(C#N)c2)c(=O)c2c1nc(N1CCCC(N)C1)n2CC1=CCCC1. The fourth-order valence-electron chi connectivity index (χ4n) is 5.50. The molecule has 0 radical (unpaired) electrons. The number of imidazole rings is 1. The summed E-state index contributed by atoms with van der Waals surface area (Å²) in [5.74, 6) is 0.652. The second kappa shape index (κ2) is 11.7. The lowest BCUT2D eigenvalue weighted by Crippen LogP contribution is -2.44. The van der Waals surface area contributed by atoms with Crippen molar-refractivity contribution in [2.75, 3.05) is 29.6 Å². The predicted octanol–water partition coefficient (Wildman–Crippen LogP) is 2.14. The number of fused-ring (bicyclic) bond motifs is 1. The molecule has 1 aromatic carbocycles. The van der Waals surface area contributed by atoms with Crippen LogP contribution in [0.1, 0.15) is 37.7 Å². The van der Waals surface area contributed by atoms with Crippen LogP contribution in [0.2, 0.25) is 0 Å². The van der Waals surface area contributed by atoms with Gasteiger partial charge in [-0.15, -0.1) is 0 Å². The first-order chi connectivity index (χ1) is 19.2. The molecule has 3 heterocycles. The molecule has 0 bridgehead atoms. The zero-order valence-corrected chi connectivity index (χ0v) is 23.6. The fraction of sp³-hybridized carbons (Fsp3) is 0.429. The molecule has 0 spiro atoms. The maximum Gasteiger partial charge on any atom is 0.332 e. The Labute approximate surface area is 234 Å². The van der Waals surface area contributed by atoms with E-state index in [-0.39, 0.29) is 12.6 Å². The van der Waals surface area contributed by atoms with Crippen LogP contribution >= 0.6 is 0 Å². The summed E-state index contributed by atoms with van der Waals surface area (Å²) in [6.07, 6.45) is 8.64. The predicted molar refractivity (Wildman–Crippen MR) is 158 cm³/mol. The number of aromatic nitrogens is 4. The number of benzene rings is 1. The van der Waals surface area contributed by atoms with Gasteiger partial charge in [-0.2, -0.15) is 10.2 Å². The number of nitrogens with zero attached hydrogens (tertiary/aromatic N) is 6.